The van der Waals surface area contributed by atoms with E-state index < -0.39 is 22.0 Å². The molecule has 0 N–H and O–H groups in total. The molecule has 0 saturated carbocycles. The molecule has 17 heavy (non-hydrogen) atoms. The van der Waals surface area contributed by atoms with Crippen molar-refractivity contribution in [3.05, 3.63) is 23.1 Å². The van der Waals surface area contributed by atoms with E-state index in [-0.39, 0.29) is 5.69 Å². The van der Waals surface area contributed by atoms with Gasteiger partial charge in [0.2, 0.25) is 5.88 Å². The first-order valence-corrected chi connectivity index (χ1v) is 6.89. The number of pyridine rings is 1. The van der Waals surface area contributed by atoms with Gasteiger partial charge in [-0.1, -0.05) is 0 Å². The van der Waals surface area contributed by atoms with Gasteiger partial charge in [0.05, 0.1) is 12.9 Å². The van der Waals surface area contributed by atoms with Crippen LogP contribution in [-0.2, 0) is 20.7 Å². The normalized spacial score (nSPS) is 16.4. The quantitative estimate of drug-likeness (QED) is 0.765. The van der Waals surface area contributed by atoms with E-state index in [9.17, 15) is 12.8 Å². The largest absolute Gasteiger partial charge is 0.477 e. The maximum atomic E-state index is 13.7. The van der Waals surface area contributed by atoms with E-state index in [0.29, 0.717) is 24.5 Å². The molecule has 0 saturated heterocycles. The van der Waals surface area contributed by atoms with Crippen molar-refractivity contribution >= 4 is 10.1 Å². The van der Waals surface area contributed by atoms with Crippen LogP contribution in [0.5, 0.6) is 5.88 Å². The lowest BCUT2D eigenvalue weighted by molar-refractivity contribution is 0.223. The lowest BCUT2D eigenvalue weighted by Gasteiger charge is -2.12. The summed E-state index contributed by atoms with van der Waals surface area (Å²) >= 11 is 0. The van der Waals surface area contributed by atoms with Crippen molar-refractivity contribution in [1.29, 1.82) is 0 Å². The average Bonchev–Trinajstić information content (AvgIpc) is 2.60. The molecule has 0 fully saturated rings. The molecule has 1 aliphatic heterocycles. The third-order valence-corrected chi connectivity index (χ3v) is 2.99. The Morgan fingerprint density at radius 2 is 2.29 bits per heavy atom. The van der Waals surface area contributed by atoms with Crippen LogP contribution < -0.4 is 4.74 Å². The highest BCUT2D eigenvalue weighted by molar-refractivity contribution is 7.86. The molecule has 94 valence electrons. The smallest absolute Gasteiger partial charge is 0.265 e. The molecule has 0 spiro atoms. The standard InChI is InChI=1S/C10H12FNO4S/c1-6(16-17(2,13)14)9-8(11)5-7-3-4-15-10(7)12-9/h5-6H,3-4H2,1-2H3. The summed E-state index contributed by atoms with van der Waals surface area (Å²) in [5.41, 5.74) is 0.633. The first kappa shape index (κ1) is 12.3. The summed E-state index contributed by atoms with van der Waals surface area (Å²) in [5.74, 6) is -0.226. The number of ether oxygens (including phenoxy) is 1. The van der Waals surface area contributed by atoms with Crippen molar-refractivity contribution in [3.8, 4) is 5.88 Å². The molecule has 2 rings (SSSR count). The van der Waals surface area contributed by atoms with Gasteiger partial charge in [-0.25, -0.2) is 9.37 Å². The summed E-state index contributed by atoms with van der Waals surface area (Å²) in [4.78, 5) is 3.95. The van der Waals surface area contributed by atoms with Gasteiger partial charge in [0.1, 0.15) is 17.6 Å². The van der Waals surface area contributed by atoms with Gasteiger partial charge in [0, 0.05) is 12.0 Å². The second-order valence-corrected chi connectivity index (χ2v) is 5.46. The van der Waals surface area contributed by atoms with Crippen molar-refractivity contribution in [2.45, 2.75) is 19.4 Å². The summed E-state index contributed by atoms with van der Waals surface area (Å²) in [6.07, 6.45) is 0.547. The highest BCUT2D eigenvalue weighted by Crippen LogP contribution is 2.28. The number of aromatic nitrogens is 1. The van der Waals surface area contributed by atoms with Gasteiger partial charge in [-0.3, -0.25) is 4.18 Å². The van der Waals surface area contributed by atoms with Crippen molar-refractivity contribution in [3.63, 3.8) is 0 Å². The fraction of sp³-hybridized carbons (Fsp3) is 0.500. The Bertz CT molecular complexity index is 543. The topological polar surface area (TPSA) is 65.5 Å². The van der Waals surface area contributed by atoms with E-state index in [0.717, 1.165) is 6.26 Å². The van der Waals surface area contributed by atoms with Crippen molar-refractivity contribution in [2.24, 2.45) is 0 Å². The van der Waals surface area contributed by atoms with Crippen LogP contribution >= 0.6 is 0 Å². The molecule has 5 nitrogen and oxygen atoms in total. The number of hydrogen-bond donors (Lipinski definition) is 0. The van der Waals surface area contributed by atoms with Gasteiger partial charge in [-0.15, -0.1) is 0 Å². The summed E-state index contributed by atoms with van der Waals surface area (Å²) in [6.45, 7) is 1.89. The van der Waals surface area contributed by atoms with E-state index in [2.05, 4.69) is 9.17 Å². The molecule has 0 radical (unpaired) electrons. The molecular formula is C10H12FNO4S. The average molecular weight is 261 g/mol. The molecule has 7 heteroatoms. The van der Waals surface area contributed by atoms with Crippen LogP contribution in [0.25, 0.3) is 0 Å². The van der Waals surface area contributed by atoms with Crippen molar-refractivity contribution < 1.29 is 21.7 Å². The minimum absolute atomic E-state index is 0.0592. The van der Waals surface area contributed by atoms with E-state index in [1.165, 1.54) is 13.0 Å². The maximum Gasteiger partial charge on any atom is 0.265 e. The minimum atomic E-state index is -3.65. The van der Waals surface area contributed by atoms with Crippen LogP contribution in [0.1, 0.15) is 24.3 Å². The molecule has 1 atom stereocenters. The van der Waals surface area contributed by atoms with Crippen molar-refractivity contribution in [1.82, 2.24) is 4.98 Å². The maximum absolute atomic E-state index is 13.7. The van der Waals surface area contributed by atoms with Crippen molar-refractivity contribution in [2.75, 3.05) is 12.9 Å². The molecule has 1 aromatic rings. The van der Waals surface area contributed by atoms with Crippen LogP contribution in [0.3, 0.4) is 0 Å². The fourth-order valence-electron chi connectivity index (χ4n) is 1.68. The second kappa shape index (κ2) is 4.23. The van der Waals surface area contributed by atoms with Gasteiger partial charge >= 0.3 is 0 Å². The number of halogens is 1. The van der Waals surface area contributed by atoms with Gasteiger partial charge < -0.3 is 4.74 Å². The first-order valence-electron chi connectivity index (χ1n) is 5.07. The summed E-state index contributed by atoms with van der Waals surface area (Å²) < 4.78 is 45.5. The number of nitrogens with zero attached hydrogens (tertiary/aromatic N) is 1. The lowest BCUT2D eigenvalue weighted by atomic mass is 10.1. The van der Waals surface area contributed by atoms with Crippen LogP contribution in [0.15, 0.2) is 6.07 Å². The Morgan fingerprint density at radius 3 is 2.94 bits per heavy atom. The Balaban J connectivity index is 2.33. The van der Waals surface area contributed by atoms with Crippen LogP contribution in [0.2, 0.25) is 0 Å². The summed E-state index contributed by atoms with van der Waals surface area (Å²) in [7, 11) is -3.65. The molecule has 0 aromatic carbocycles. The van der Waals surface area contributed by atoms with Gasteiger partial charge in [0.25, 0.3) is 10.1 Å². The molecule has 1 aromatic heterocycles. The monoisotopic (exact) mass is 261 g/mol. The second-order valence-electron chi connectivity index (χ2n) is 3.86. The SMILES string of the molecule is CC(OS(C)(=O)=O)c1nc2c(cc1F)CCO2. The number of hydrogen-bond acceptors (Lipinski definition) is 5. The highest BCUT2D eigenvalue weighted by atomic mass is 32.2. The minimum Gasteiger partial charge on any atom is -0.477 e. The predicted octanol–water partition coefficient (Wildman–Crippen LogP) is 1.19. The zero-order chi connectivity index (χ0) is 12.6. The number of fused-ring (bicyclic) bond motifs is 1. The summed E-state index contributed by atoms with van der Waals surface area (Å²) in [5, 5.41) is 0. The Hall–Kier alpha value is -1.21. The lowest BCUT2D eigenvalue weighted by Crippen LogP contribution is -2.11. The first-order chi connectivity index (χ1) is 7.87. The predicted molar refractivity (Wildman–Crippen MR) is 57.7 cm³/mol. The molecule has 2 heterocycles. The Kier molecular flexibility index (Phi) is 3.05. The van der Waals surface area contributed by atoms with E-state index in [1.807, 2.05) is 0 Å². The van der Waals surface area contributed by atoms with E-state index in [1.54, 1.807) is 0 Å². The number of rotatable bonds is 3. The Morgan fingerprint density at radius 1 is 1.59 bits per heavy atom. The molecule has 0 aliphatic carbocycles. The van der Waals surface area contributed by atoms with Gasteiger partial charge in [-0.05, 0) is 13.0 Å². The van der Waals surface area contributed by atoms with E-state index >= 15 is 0 Å². The van der Waals surface area contributed by atoms with E-state index in [4.69, 9.17) is 4.74 Å². The zero-order valence-electron chi connectivity index (χ0n) is 9.44. The summed E-state index contributed by atoms with van der Waals surface area (Å²) in [6, 6.07) is 1.31. The highest BCUT2D eigenvalue weighted by Gasteiger charge is 2.23. The van der Waals surface area contributed by atoms with Crippen LogP contribution in [0, 0.1) is 5.82 Å². The molecule has 0 bridgehead atoms. The molecule has 0 amide bonds. The third kappa shape index (κ3) is 2.73. The molecule has 1 unspecified atom stereocenters. The third-order valence-electron chi connectivity index (χ3n) is 2.36. The molecule has 1 aliphatic rings. The van der Waals surface area contributed by atoms with Crippen LogP contribution in [-0.4, -0.2) is 26.3 Å². The van der Waals surface area contributed by atoms with Gasteiger partial charge in [-0.2, -0.15) is 8.42 Å². The zero-order valence-corrected chi connectivity index (χ0v) is 10.3. The molecular weight excluding hydrogens is 249 g/mol. The Labute approximate surface area is 98.7 Å². The van der Waals surface area contributed by atoms with Gasteiger partial charge in [0.15, 0.2) is 0 Å². The fourth-order valence-corrected chi connectivity index (χ4v) is 2.29. The van der Waals surface area contributed by atoms with Crippen LogP contribution in [0.4, 0.5) is 4.39 Å².